The molecule has 0 spiro atoms. The quantitative estimate of drug-likeness (QED) is 0.769. The van der Waals surface area contributed by atoms with E-state index >= 15 is 0 Å². The predicted octanol–water partition coefficient (Wildman–Crippen LogP) is 1.65. The van der Waals surface area contributed by atoms with Crippen molar-refractivity contribution in [2.24, 2.45) is 0 Å². The van der Waals surface area contributed by atoms with Crippen LogP contribution < -0.4 is 0 Å². The zero-order valence-electron chi connectivity index (χ0n) is 6.54. The summed E-state index contributed by atoms with van der Waals surface area (Å²) in [5.41, 5.74) is -0.639. The Morgan fingerprint density at radius 2 is 2.15 bits per heavy atom. The van der Waals surface area contributed by atoms with Crippen LogP contribution in [0.5, 0.6) is 0 Å². The highest BCUT2D eigenvalue weighted by Gasteiger charge is 2.32. The Balaban J connectivity index is 2.92. The lowest BCUT2D eigenvalue weighted by atomic mass is 10.2. The van der Waals surface area contributed by atoms with Crippen LogP contribution in [0, 0.1) is 6.42 Å². The van der Waals surface area contributed by atoms with Crippen LogP contribution in [0.4, 0.5) is 13.2 Å². The molecule has 0 amide bonds. The van der Waals surface area contributed by atoms with E-state index in [4.69, 9.17) is 5.11 Å². The summed E-state index contributed by atoms with van der Waals surface area (Å²) < 4.78 is 36.2. The summed E-state index contributed by atoms with van der Waals surface area (Å²) in [4.78, 5) is 3.17. The molecule has 0 saturated carbocycles. The number of rotatable bonds is 2. The molecule has 1 rings (SSSR count). The molecule has 0 bridgehead atoms. The Bertz CT molecular complexity index is 285. The minimum absolute atomic E-state index is 0.290. The molecule has 0 aliphatic heterocycles. The minimum Gasteiger partial charge on any atom is -0.396 e. The van der Waals surface area contributed by atoms with Gasteiger partial charge in [-0.3, -0.25) is 4.98 Å². The van der Waals surface area contributed by atoms with E-state index in [1.54, 1.807) is 0 Å². The molecule has 71 valence electrons. The number of aliphatic hydroxyl groups is 1. The first kappa shape index (κ1) is 9.98. The summed E-state index contributed by atoms with van der Waals surface area (Å²) in [5, 5.41) is 8.46. The van der Waals surface area contributed by atoms with Crippen molar-refractivity contribution in [2.75, 3.05) is 6.61 Å². The predicted molar refractivity (Wildman–Crippen MR) is 39.7 cm³/mol. The number of alkyl halides is 3. The van der Waals surface area contributed by atoms with Gasteiger partial charge >= 0.3 is 6.18 Å². The number of aliphatic hydroxyl groups excluding tert-OH is 1. The van der Waals surface area contributed by atoms with Gasteiger partial charge < -0.3 is 5.11 Å². The molecule has 0 aliphatic carbocycles. The van der Waals surface area contributed by atoms with Crippen LogP contribution in [0.15, 0.2) is 18.3 Å². The third-order valence-electron chi connectivity index (χ3n) is 1.40. The van der Waals surface area contributed by atoms with E-state index in [9.17, 15) is 13.2 Å². The minimum atomic E-state index is -4.43. The van der Waals surface area contributed by atoms with Crippen LogP contribution in [-0.4, -0.2) is 16.7 Å². The van der Waals surface area contributed by atoms with Crippen molar-refractivity contribution >= 4 is 0 Å². The fourth-order valence-corrected chi connectivity index (χ4v) is 0.834. The molecule has 1 aromatic heterocycles. The van der Waals surface area contributed by atoms with E-state index in [0.29, 0.717) is 5.56 Å². The van der Waals surface area contributed by atoms with Crippen molar-refractivity contribution < 1.29 is 18.3 Å². The van der Waals surface area contributed by atoms with Crippen molar-refractivity contribution in [3.8, 4) is 0 Å². The summed E-state index contributed by atoms with van der Waals surface area (Å²) >= 11 is 0. The van der Waals surface area contributed by atoms with Crippen molar-refractivity contribution in [3.05, 3.63) is 36.0 Å². The van der Waals surface area contributed by atoms with E-state index in [0.717, 1.165) is 12.3 Å². The van der Waals surface area contributed by atoms with Crippen LogP contribution in [0.1, 0.15) is 11.3 Å². The van der Waals surface area contributed by atoms with Gasteiger partial charge in [0.2, 0.25) is 0 Å². The molecule has 5 heteroatoms. The fourth-order valence-electron chi connectivity index (χ4n) is 0.834. The maximum atomic E-state index is 12.1. The second-order valence-electron chi connectivity index (χ2n) is 2.36. The van der Waals surface area contributed by atoms with Gasteiger partial charge in [0.15, 0.2) is 0 Å². The van der Waals surface area contributed by atoms with Crippen molar-refractivity contribution in [3.63, 3.8) is 0 Å². The van der Waals surface area contributed by atoms with Crippen molar-refractivity contribution in [2.45, 2.75) is 6.18 Å². The van der Waals surface area contributed by atoms with Gasteiger partial charge in [0.05, 0.1) is 6.61 Å². The Morgan fingerprint density at radius 1 is 1.46 bits per heavy atom. The Kier molecular flexibility index (Phi) is 2.87. The highest BCUT2D eigenvalue weighted by molar-refractivity contribution is 5.24. The van der Waals surface area contributed by atoms with E-state index in [2.05, 4.69) is 4.98 Å². The SMILES string of the molecule is OC[CH]c1ccnc(C(F)(F)F)c1. The van der Waals surface area contributed by atoms with Crippen molar-refractivity contribution in [1.29, 1.82) is 0 Å². The van der Waals surface area contributed by atoms with E-state index in [-0.39, 0.29) is 6.61 Å². The van der Waals surface area contributed by atoms with E-state index in [1.165, 1.54) is 12.5 Å². The Hall–Kier alpha value is -1.10. The van der Waals surface area contributed by atoms with Gasteiger partial charge in [-0.05, 0) is 17.7 Å². The summed E-state index contributed by atoms with van der Waals surface area (Å²) in [7, 11) is 0. The summed E-state index contributed by atoms with van der Waals surface area (Å²) in [6.07, 6.45) is -2.10. The molecule has 2 nitrogen and oxygen atoms in total. The van der Waals surface area contributed by atoms with Crippen LogP contribution in [0.25, 0.3) is 0 Å². The molecular formula is C8H7F3NO. The average molecular weight is 190 g/mol. The molecular weight excluding hydrogens is 183 g/mol. The zero-order chi connectivity index (χ0) is 9.90. The van der Waals surface area contributed by atoms with Gasteiger partial charge in [-0.25, -0.2) is 0 Å². The number of aromatic nitrogens is 1. The van der Waals surface area contributed by atoms with Gasteiger partial charge in [0.1, 0.15) is 5.69 Å². The highest BCUT2D eigenvalue weighted by atomic mass is 19.4. The van der Waals surface area contributed by atoms with Gasteiger partial charge in [0, 0.05) is 12.6 Å². The smallest absolute Gasteiger partial charge is 0.396 e. The zero-order valence-corrected chi connectivity index (χ0v) is 6.54. The molecule has 1 radical (unpaired) electrons. The molecule has 0 saturated heterocycles. The first-order chi connectivity index (χ1) is 6.04. The summed E-state index contributed by atoms with van der Waals surface area (Å²) in [5.74, 6) is 0. The molecule has 0 aliphatic rings. The maximum Gasteiger partial charge on any atom is 0.433 e. The third-order valence-corrected chi connectivity index (χ3v) is 1.40. The van der Waals surface area contributed by atoms with Crippen LogP contribution in [0.3, 0.4) is 0 Å². The Labute approximate surface area is 73.0 Å². The van der Waals surface area contributed by atoms with Crippen molar-refractivity contribution in [1.82, 2.24) is 4.98 Å². The largest absolute Gasteiger partial charge is 0.433 e. The molecule has 0 atom stereocenters. The monoisotopic (exact) mass is 190 g/mol. The van der Waals surface area contributed by atoms with Gasteiger partial charge in [-0.15, -0.1) is 0 Å². The molecule has 0 unspecified atom stereocenters. The number of hydrogen-bond donors (Lipinski definition) is 1. The maximum absolute atomic E-state index is 12.1. The highest BCUT2D eigenvalue weighted by Crippen LogP contribution is 2.27. The van der Waals surface area contributed by atoms with Gasteiger partial charge in [-0.2, -0.15) is 13.2 Å². The third kappa shape index (κ3) is 2.69. The van der Waals surface area contributed by atoms with E-state index in [1.807, 2.05) is 0 Å². The normalized spacial score (nSPS) is 11.7. The lowest BCUT2D eigenvalue weighted by Crippen LogP contribution is -2.08. The second-order valence-corrected chi connectivity index (χ2v) is 2.36. The van der Waals surface area contributed by atoms with Gasteiger partial charge in [0.25, 0.3) is 0 Å². The van der Waals surface area contributed by atoms with Gasteiger partial charge in [-0.1, -0.05) is 0 Å². The van der Waals surface area contributed by atoms with E-state index < -0.39 is 11.9 Å². The topological polar surface area (TPSA) is 33.1 Å². The van der Waals surface area contributed by atoms with Crippen LogP contribution in [-0.2, 0) is 6.18 Å². The molecule has 0 aromatic carbocycles. The first-order valence-corrected chi connectivity index (χ1v) is 3.51. The van der Waals surface area contributed by atoms with Crippen LogP contribution in [0.2, 0.25) is 0 Å². The Morgan fingerprint density at radius 3 is 2.69 bits per heavy atom. The molecule has 13 heavy (non-hydrogen) atoms. The summed E-state index contributed by atoms with van der Waals surface area (Å²) in [6.45, 7) is -0.290. The first-order valence-electron chi connectivity index (χ1n) is 3.51. The lowest BCUT2D eigenvalue weighted by molar-refractivity contribution is -0.141. The number of pyridine rings is 1. The molecule has 1 N–H and O–H groups in total. The number of halogens is 3. The molecule has 1 aromatic rings. The fraction of sp³-hybridized carbons (Fsp3) is 0.250. The second kappa shape index (κ2) is 3.74. The standard InChI is InChI=1S/C8H7F3NO/c9-8(10,11)7-5-6(2-4-13)1-3-12-7/h1-3,5,13H,4H2. The number of hydrogen-bond acceptors (Lipinski definition) is 2. The average Bonchev–Trinajstić information content (AvgIpc) is 2.04. The molecule has 1 heterocycles. The summed E-state index contributed by atoms with van der Waals surface area (Å²) in [6, 6.07) is 2.28. The molecule has 0 fully saturated rings. The number of nitrogens with zero attached hydrogens (tertiary/aromatic N) is 1. The lowest BCUT2D eigenvalue weighted by Gasteiger charge is -2.06. The van der Waals surface area contributed by atoms with Crippen LogP contribution >= 0.6 is 0 Å².